The Labute approximate surface area is 169 Å². The van der Waals surface area contributed by atoms with Gasteiger partial charge in [0.15, 0.2) is 5.82 Å². The van der Waals surface area contributed by atoms with E-state index in [1.165, 1.54) is 0 Å². The summed E-state index contributed by atoms with van der Waals surface area (Å²) in [5.74, 6) is -1.33. The number of carboxylic acid groups (broad SMARTS) is 1. The van der Waals surface area contributed by atoms with Gasteiger partial charge in [0, 0.05) is 11.9 Å². The summed E-state index contributed by atoms with van der Waals surface area (Å²) in [6.07, 6.45) is 5.28. The summed E-state index contributed by atoms with van der Waals surface area (Å²) in [5.41, 5.74) is 6.09. The van der Waals surface area contributed by atoms with Gasteiger partial charge < -0.3 is 16.2 Å². The van der Waals surface area contributed by atoms with E-state index in [0.717, 1.165) is 25.7 Å². The lowest BCUT2D eigenvalue weighted by Gasteiger charge is -2.26. The molecule has 0 aliphatic heterocycles. The van der Waals surface area contributed by atoms with Crippen LogP contribution in [0.25, 0.3) is 0 Å². The van der Waals surface area contributed by atoms with Crippen molar-refractivity contribution in [1.29, 1.82) is 5.26 Å². The minimum absolute atomic E-state index is 0.0823. The molecule has 0 spiro atoms. The summed E-state index contributed by atoms with van der Waals surface area (Å²) >= 11 is 0. The Kier molecular flexibility index (Phi) is 5.59. The number of carboxylic acids is 1. The molecule has 2 aromatic rings. The lowest BCUT2D eigenvalue weighted by atomic mass is 9.85. The summed E-state index contributed by atoms with van der Waals surface area (Å²) in [7, 11) is 0. The number of benzene rings is 1. The zero-order chi connectivity index (χ0) is 21.2. The maximum absolute atomic E-state index is 11.9. The quantitative estimate of drug-likeness (QED) is 0.687. The lowest BCUT2D eigenvalue weighted by Crippen LogP contribution is -2.28. The number of nitrogens with two attached hydrogens (primary N) is 1. The molecule has 152 valence electrons. The molecule has 8 nitrogen and oxygen atoms in total. The van der Waals surface area contributed by atoms with Crippen molar-refractivity contribution in [3.05, 3.63) is 41.6 Å². The zero-order valence-electron chi connectivity index (χ0n) is 16.6. The first kappa shape index (κ1) is 20.4. The third-order valence-corrected chi connectivity index (χ3v) is 5.64. The number of hydrogen-bond donors (Lipinski definition) is 3. The van der Waals surface area contributed by atoms with Crippen LogP contribution in [0.2, 0.25) is 0 Å². The second-order valence-corrected chi connectivity index (χ2v) is 7.96. The van der Waals surface area contributed by atoms with Gasteiger partial charge in [-0.15, -0.1) is 0 Å². The summed E-state index contributed by atoms with van der Waals surface area (Å²) < 4.78 is 1.68. The van der Waals surface area contributed by atoms with Gasteiger partial charge in [0.05, 0.1) is 23.4 Å². The SMILES string of the molecule is CC(C)(C(=O)O)c1ccc(Nc2nn([C@H]3CCCC[C@@H]3C#N)cc2C(N)=O)cc1. The van der Waals surface area contributed by atoms with Crippen molar-refractivity contribution in [2.24, 2.45) is 11.7 Å². The Bertz CT molecular complexity index is 956. The normalized spacial score (nSPS) is 19.3. The molecule has 1 fully saturated rings. The largest absolute Gasteiger partial charge is 0.481 e. The first-order valence-electron chi connectivity index (χ1n) is 9.63. The molecule has 0 bridgehead atoms. The van der Waals surface area contributed by atoms with E-state index >= 15 is 0 Å². The highest BCUT2D eigenvalue weighted by atomic mass is 16.4. The number of aliphatic carboxylic acids is 1. The minimum atomic E-state index is -1.01. The van der Waals surface area contributed by atoms with Crippen LogP contribution >= 0.6 is 0 Å². The Hall–Kier alpha value is -3.34. The van der Waals surface area contributed by atoms with E-state index in [9.17, 15) is 20.0 Å². The van der Waals surface area contributed by atoms with E-state index in [4.69, 9.17) is 5.73 Å². The van der Waals surface area contributed by atoms with Gasteiger partial charge >= 0.3 is 5.97 Å². The number of carbonyl (C=O) groups is 2. The molecule has 29 heavy (non-hydrogen) atoms. The van der Waals surface area contributed by atoms with Crippen LogP contribution < -0.4 is 11.1 Å². The third kappa shape index (κ3) is 4.09. The van der Waals surface area contributed by atoms with Crippen molar-refractivity contribution in [3.8, 4) is 6.07 Å². The van der Waals surface area contributed by atoms with Crippen LogP contribution in [0.5, 0.6) is 0 Å². The summed E-state index contributed by atoms with van der Waals surface area (Å²) in [5, 5.41) is 26.4. The van der Waals surface area contributed by atoms with E-state index in [1.807, 2.05) is 0 Å². The van der Waals surface area contributed by atoms with Crippen LogP contribution in [0.15, 0.2) is 30.5 Å². The van der Waals surface area contributed by atoms with Gasteiger partial charge in [-0.1, -0.05) is 25.0 Å². The predicted molar refractivity (Wildman–Crippen MR) is 108 cm³/mol. The third-order valence-electron chi connectivity index (χ3n) is 5.64. The Morgan fingerprint density at radius 3 is 2.52 bits per heavy atom. The highest BCUT2D eigenvalue weighted by Crippen LogP contribution is 2.34. The fourth-order valence-electron chi connectivity index (χ4n) is 3.64. The molecule has 1 aliphatic rings. The van der Waals surface area contributed by atoms with Gasteiger partial charge in [0.1, 0.15) is 5.56 Å². The molecular formula is C21H25N5O3. The van der Waals surface area contributed by atoms with Crippen molar-refractivity contribution in [1.82, 2.24) is 9.78 Å². The number of primary amides is 1. The van der Waals surface area contributed by atoms with Crippen molar-refractivity contribution >= 4 is 23.4 Å². The molecule has 1 heterocycles. The van der Waals surface area contributed by atoms with Crippen LogP contribution in [0.4, 0.5) is 11.5 Å². The molecule has 8 heteroatoms. The van der Waals surface area contributed by atoms with E-state index in [0.29, 0.717) is 17.1 Å². The Morgan fingerprint density at radius 1 is 1.28 bits per heavy atom. The average Bonchev–Trinajstić information content (AvgIpc) is 3.12. The number of amides is 1. The maximum Gasteiger partial charge on any atom is 0.313 e. The molecule has 1 aromatic carbocycles. The Morgan fingerprint density at radius 2 is 1.93 bits per heavy atom. The molecule has 4 N–H and O–H groups in total. The molecule has 0 saturated heterocycles. The molecule has 1 saturated carbocycles. The number of anilines is 2. The van der Waals surface area contributed by atoms with Gasteiger partial charge in [-0.25, -0.2) is 0 Å². The number of nitrogens with zero attached hydrogens (tertiary/aromatic N) is 3. The fourth-order valence-corrected chi connectivity index (χ4v) is 3.64. The first-order valence-corrected chi connectivity index (χ1v) is 9.63. The Balaban J connectivity index is 1.87. The van der Waals surface area contributed by atoms with Gasteiger partial charge in [0.25, 0.3) is 5.91 Å². The van der Waals surface area contributed by atoms with Gasteiger partial charge in [-0.05, 0) is 44.4 Å². The number of nitriles is 1. The summed E-state index contributed by atoms with van der Waals surface area (Å²) in [4.78, 5) is 23.3. The van der Waals surface area contributed by atoms with Crippen LogP contribution in [-0.4, -0.2) is 26.8 Å². The first-order chi connectivity index (χ1) is 13.7. The maximum atomic E-state index is 11.9. The summed E-state index contributed by atoms with van der Waals surface area (Å²) in [6.45, 7) is 3.28. The van der Waals surface area contributed by atoms with E-state index in [1.54, 1.807) is 49.0 Å². The van der Waals surface area contributed by atoms with Crippen molar-refractivity contribution < 1.29 is 14.7 Å². The molecule has 3 rings (SSSR count). The molecule has 2 atom stereocenters. The fraction of sp³-hybridized carbons (Fsp3) is 0.429. The summed E-state index contributed by atoms with van der Waals surface area (Å²) in [6, 6.07) is 9.19. The average molecular weight is 395 g/mol. The smallest absolute Gasteiger partial charge is 0.313 e. The number of nitrogens with one attached hydrogen (secondary N) is 1. The van der Waals surface area contributed by atoms with Crippen LogP contribution in [0, 0.1) is 17.2 Å². The molecular weight excluding hydrogens is 370 g/mol. The van der Waals surface area contributed by atoms with Crippen molar-refractivity contribution in [2.45, 2.75) is 51.0 Å². The minimum Gasteiger partial charge on any atom is -0.481 e. The van der Waals surface area contributed by atoms with Crippen LogP contribution in [0.3, 0.4) is 0 Å². The van der Waals surface area contributed by atoms with Crippen molar-refractivity contribution in [3.63, 3.8) is 0 Å². The molecule has 1 amide bonds. The highest BCUT2D eigenvalue weighted by molar-refractivity contribution is 5.98. The van der Waals surface area contributed by atoms with Gasteiger partial charge in [-0.2, -0.15) is 10.4 Å². The second kappa shape index (κ2) is 7.95. The number of hydrogen-bond acceptors (Lipinski definition) is 5. The monoisotopic (exact) mass is 395 g/mol. The van der Waals surface area contributed by atoms with Crippen LogP contribution in [-0.2, 0) is 10.2 Å². The molecule has 0 radical (unpaired) electrons. The van der Waals surface area contributed by atoms with E-state index < -0.39 is 17.3 Å². The second-order valence-electron chi connectivity index (χ2n) is 7.96. The number of rotatable bonds is 6. The predicted octanol–water partition coefficient (Wildman–Crippen LogP) is 3.34. The van der Waals surface area contributed by atoms with Crippen molar-refractivity contribution in [2.75, 3.05) is 5.32 Å². The number of aromatic nitrogens is 2. The van der Waals surface area contributed by atoms with Gasteiger partial charge in [0.2, 0.25) is 0 Å². The lowest BCUT2D eigenvalue weighted by molar-refractivity contribution is -0.142. The molecule has 1 aliphatic carbocycles. The standard InChI is InChI=1S/C21H25N5O3/c1-21(2,20(28)29)14-7-9-15(10-8-14)24-19-16(18(23)27)12-26(25-19)17-6-4-3-5-13(17)11-22/h7-10,12-13,17H,3-6H2,1-2H3,(H2,23,27)(H,24,25)(H,28,29)/t13-,17+/m1/s1. The van der Waals surface area contributed by atoms with Crippen LogP contribution in [0.1, 0.15) is 61.5 Å². The number of carbonyl (C=O) groups excluding carboxylic acids is 1. The highest BCUT2D eigenvalue weighted by Gasteiger charge is 2.30. The zero-order valence-corrected chi connectivity index (χ0v) is 16.6. The van der Waals surface area contributed by atoms with E-state index in [-0.39, 0.29) is 17.5 Å². The molecule has 0 unspecified atom stereocenters. The molecule has 1 aromatic heterocycles. The topological polar surface area (TPSA) is 134 Å². The van der Waals surface area contributed by atoms with Gasteiger partial charge in [-0.3, -0.25) is 14.3 Å². The van der Waals surface area contributed by atoms with E-state index in [2.05, 4.69) is 16.5 Å².